The molecule has 0 saturated carbocycles. The first-order valence-corrected chi connectivity index (χ1v) is 15.0. The van der Waals surface area contributed by atoms with Crippen LogP contribution in [-0.2, 0) is 25.2 Å². The van der Waals surface area contributed by atoms with Crippen LogP contribution in [0, 0.1) is 5.92 Å². The molecule has 0 bridgehead atoms. The largest absolute Gasteiger partial charge is 0.494 e. The maximum Gasteiger partial charge on any atom is 0.494 e. The van der Waals surface area contributed by atoms with Crippen molar-refractivity contribution in [3.63, 3.8) is 0 Å². The lowest BCUT2D eigenvalue weighted by Crippen LogP contribution is -2.41. The number of fused-ring (bicyclic) bond motifs is 3. The SMILES string of the molecule is CCCCC(CC)Cn1c2ccc(B3OC(C)(C)C(C)(C)O3)cc2c2cc(B3OC(C)(C)C(C)(C)O3)ccc21. The van der Waals surface area contributed by atoms with Crippen molar-refractivity contribution in [2.75, 3.05) is 0 Å². The van der Waals surface area contributed by atoms with Gasteiger partial charge in [0.1, 0.15) is 0 Å². The minimum atomic E-state index is -0.392. The molecule has 0 spiro atoms. The van der Waals surface area contributed by atoms with Crippen LogP contribution in [0.15, 0.2) is 36.4 Å². The van der Waals surface area contributed by atoms with E-state index >= 15 is 0 Å². The summed E-state index contributed by atoms with van der Waals surface area (Å²) >= 11 is 0. The average molecular weight is 531 g/mol. The molecule has 7 heteroatoms. The van der Waals surface area contributed by atoms with E-state index in [1.54, 1.807) is 0 Å². The summed E-state index contributed by atoms with van der Waals surface area (Å²) in [6.45, 7) is 22.5. The average Bonchev–Trinajstić information content (AvgIpc) is 3.37. The van der Waals surface area contributed by atoms with Gasteiger partial charge in [0.2, 0.25) is 0 Å². The fourth-order valence-corrected chi connectivity index (χ4v) is 5.76. The van der Waals surface area contributed by atoms with Crippen molar-refractivity contribution in [3.8, 4) is 0 Å². The third-order valence-electron chi connectivity index (χ3n) is 9.95. The van der Waals surface area contributed by atoms with Crippen molar-refractivity contribution in [2.24, 2.45) is 5.92 Å². The summed E-state index contributed by atoms with van der Waals surface area (Å²) in [4.78, 5) is 0. The fourth-order valence-electron chi connectivity index (χ4n) is 5.76. The van der Waals surface area contributed by atoms with E-state index in [0.29, 0.717) is 5.92 Å². The monoisotopic (exact) mass is 531 g/mol. The highest BCUT2D eigenvalue weighted by Gasteiger charge is 2.53. The molecule has 1 aromatic heterocycles. The Kier molecular flexibility index (Phi) is 7.32. The first kappa shape index (κ1) is 28.7. The molecule has 0 amide bonds. The molecule has 2 aliphatic heterocycles. The molecule has 5 nitrogen and oxygen atoms in total. The molecule has 5 rings (SSSR count). The molecule has 2 saturated heterocycles. The summed E-state index contributed by atoms with van der Waals surface area (Å²) in [5.41, 5.74) is 3.11. The van der Waals surface area contributed by atoms with E-state index < -0.39 is 14.2 Å². The second-order valence-electron chi connectivity index (χ2n) is 13.8. The predicted molar refractivity (Wildman–Crippen MR) is 164 cm³/mol. The molecule has 3 heterocycles. The van der Waals surface area contributed by atoms with E-state index in [0.717, 1.165) is 17.5 Å². The van der Waals surface area contributed by atoms with Crippen LogP contribution in [0.2, 0.25) is 0 Å². The Bertz CT molecular complexity index is 1230. The normalized spacial score (nSPS) is 22.3. The molecule has 2 aromatic carbocycles. The predicted octanol–water partition coefficient (Wildman–Crippen LogP) is 6.61. The molecular weight excluding hydrogens is 484 g/mol. The highest BCUT2D eigenvalue weighted by atomic mass is 16.7. The molecule has 0 N–H and O–H groups in total. The van der Waals surface area contributed by atoms with E-state index in [4.69, 9.17) is 18.6 Å². The lowest BCUT2D eigenvalue weighted by Gasteiger charge is -2.32. The van der Waals surface area contributed by atoms with Crippen LogP contribution in [0.5, 0.6) is 0 Å². The Balaban J connectivity index is 1.61. The maximum atomic E-state index is 6.43. The zero-order valence-electron chi connectivity index (χ0n) is 25.8. The first-order chi connectivity index (χ1) is 18.2. The summed E-state index contributed by atoms with van der Waals surface area (Å²) in [5.74, 6) is 0.647. The van der Waals surface area contributed by atoms with Gasteiger partial charge in [0, 0.05) is 28.4 Å². The van der Waals surface area contributed by atoms with E-state index in [2.05, 4.69) is 110 Å². The number of benzene rings is 2. The van der Waals surface area contributed by atoms with Crippen LogP contribution in [0.4, 0.5) is 0 Å². The van der Waals surface area contributed by atoms with Crippen LogP contribution in [-0.4, -0.2) is 41.2 Å². The van der Waals surface area contributed by atoms with Gasteiger partial charge < -0.3 is 23.2 Å². The van der Waals surface area contributed by atoms with Crippen LogP contribution in [0.1, 0.15) is 94.9 Å². The minimum Gasteiger partial charge on any atom is -0.399 e. The topological polar surface area (TPSA) is 41.9 Å². The van der Waals surface area contributed by atoms with Gasteiger partial charge in [-0.15, -0.1) is 0 Å². The van der Waals surface area contributed by atoms with E-state index in [1.807, 2.05) is 0 Å². The third kappa shape index (κ3) is 4.98. The van der Waals surface area contributed by atoms with Gasteiger partial charge in [-0.25, -0.2) is 0 Å². The molecule has 210 valence electrons. The maximum absolute atomic E-state index is 6.43. The standard InChI is InChI=1S/C32H47B2NO4/c1-11-13-14-22(12-2)21-35-27-17-15-23(33-36-29(3,4)30(5,6)37-33)19-25(27)26-20-24(16-18-28(26)35)34-38-31(7,8)32(9,10)39-34/h15-20,22H,11-14,21H2,1-10H3. The molecule has 0 radical (unpaired) electrons. The molecule has 2 fully saturated rings. The van der Waals surface area contributed by atoms with Crippen molar-refractivity contribution in [1.82, 2.24) is 4.57 Å². The van der Waals surface area contributed by atoms with Gasteiger partial charge in [-0.1, -0.05) is 57.4 Å². The van der Waals surface area contributed by atoms with Gasteiger partial charge >= 0.3 is 14.2 Å². The van der Waals surface area contributed by atoms with Gasteiger partial charge in [-0.3, -0.25) is 0 Å². The first-order valence-electron chi connectivity index (χ1n) is 15.0. The second-order valence-corrected chi connectivity index (χ2v) is 13.8. The van der Waals surface area contributed by atoms with Crippen molar-refractivity contribution < 1.29 is 18.6 Å². The summed E-state index contributed by atoms with van der Waals surface area (Å²) < 4.78 is 28.2. The molecule has 1 atom stereocenters. The highest BCUT2D eigenvalue weighted by molar-refractivity contribution is 6.63. The molecule has 2 aliphatic rings. The van der Waals surface area contributed by atoms with Crippen LogP contribution in [0.25, 0.3) is 21.8 Å². The Labute approximate surface area is 236 Å². The number of rotatable bonds is 8. The summed E-state index contributed by atoms with van der Waals surface area (Å²) in [5, 5.41) is 2.45. The van der Waals surface area contributed by atoms with E-state index in [1.165, 1.54) is 47.5 Å². The Morgan fingerprint density at radius 3 is 1.44 bits per heavy atom. The Morgan fingerprint density at radius 2 is 1.08 bits per heavy atom. The summed E-state index contributed by atoms with van der Waals surface area (Å²) in [6.07, 6.45) is 4.94. The van der Waals surface area contributed by atoms with Crippen molar-refractivity contribution in [1.29, 1.82) is 0 Å². The van der Waals surface area contributed by atoms with E-state index in [-0.39, 0.29) is 22.4 Å². The molecule has 39 heavy (non-hydrogen) atoms. The van der Waals surface area contributed by atoms with Crippen LogP contribution < -0.4 is 10.9 Å². The smallest absolute Gasteiger partial charge is 0.399 e. The van der Waals surface area contributed by atoms with Gasteiger partial charge in [0.25, 0.3) is 0 Å². The van der Waals surface area contributed by atoms with Gasteiger partial charge in [0.05, 0.1) is 22.4 Å². The Morgan fingerprint density at radius 1 is 0.667 bits per heavy atom. The fraction of sp³-hybridized carbons (Fsp3) is 0.625. The minimum absolute atomic E-state index is 0.377. The van der Waals surface area contributed by atoms with Gasteiger partial charge in [0.15, 0.2) is 0 Å². The van der Waals surface area contributed by atoms with Gasteiger partial charge in [-0.05, 0) is 90.8 Å². The van der Waals surface area contributed by atoms with Crippen LogP contribution >= 0.6 is 0 Å². The summed E-state index contributed by atoms with van der Waals surface area (Å²) in [6, 6.07) is 13.4. The number of hydrogen-bond acceptors (Lipinski definition) is 4. The number of aromatic nitrogens is 1. The zero-order chi connectivity index (χ0) is 28.4. The lowest BCUT2D eigenvalue weighted by atomic mass is 9.77. The van der Waals surface area contributed by atoms with Crippen molar-refractivity contribution >= 4 is 47.0 Å². The molecule has 3 aromatic rings. The Hall–Kier alpha value is -1.79. The number of nitrogens with zero attached hydrogens (tertiary/aromatic N) is 1. The molecule has 1 unspecified atom stereocenters. The number of hydrogen-bond donors (Lipinski definition) is 0. The van der Waals surface area contributed by atoms with Crippen molar-refractivity contribution in [2.45, 2.75) is 124 Å². The molecular formula is C32H47B2NO4. The van der Waals surface area contributed by atoms with Gasteiger partial charge in [-0.2, -0.15) is 0 Å². The molecule has 0 aliphatic carbocycles. The lowest BCUT2D eigenvalue weighted by molar-refractivity contribution is 0.00578. The quantitative estimate of drug-likeness (QED) is 0.307. The zero-order valence-corrected chi connectivity index (χ0v) is 25.8. The number of unbranched alkanes of at least 4 members (excludes halogenated alkanes) is 1. The highest BCUT2D eigenvalue weighted by Crippen LogP contribution is 2.39. The summed E-state index contributed by atoms with van der Waals surface area (Å²) in [7, 11) is -0.783. The second kappa shape index (κ2) is 9.94. The van der Waals surface area contributed by atoms with E-state index in [9.17, 15) is 0 Å². The van der Waals surface area contributed by atoms with Crippen LogP contribution in [0.3, 0.4) is 0 Å². The van der Waals surface area contributed by atoms with Crippen molar-refractivity contribution in [3.05, 3.63) is 36.4 Å². The third-order valence-corrected chi connectivity index (χ3v) is 9.95.